The standard InChI is InChI=1S/C31H44N5O7P/c1-20(2)36(21(3)4)44(41-15-9-14-32)43-26-16-29(42-27(26)19-37)35-18-22(30(39)34-31(35)40)12-13-28(38)33-17-25-23-10-7-5-6-8-11-24(23)25/h12-13,18,20-21,23-27,29,37H,7-11,15-17,19H2,1-4H3,(H,33,38)(H,34,39,40)/b13-12+/t23-,24+,25?,26?,27-,29-,44?/m1/s1/i37D. The molecule has 0 radical (unpaired) electrons. The lowest BCUT2D eigenvalue weighted by Gasteiger charge is -2.37. The van der Waals surface area contributed by atoms with Crippen molar-refractivity contribution in [3.63, 3.8) is 0 Å². The number of nitrogens with zero attached hydrogens (tertiary/aromatic N) is 3. The Morgan fingerprint density at radius 1 is 1.32 bits per heavy atom. The molecule has 1 aliphatic heterocycles. The highest BCUT2D eigenvalue weighted by molar-refractivity contribution is 7.44. The first-order chi connectivity index (χ1) is 21.6. The first-order valence-corrected chi connectivity index (χ1v) is 16.5. The summed E-state index contributed by atoms with van der Waals surface area (Å²) in [4.78, 5) is 40.4. The molecule has 0 aromatic carbocycles. The first kappa shape index (κ1) is 32.6. The molecule has 2 heterocycles. The van der Waals surface area contributed by atoms with Crippen LogP contribution in [0.25, 0.3) is 6.08 Å². The number of amides is 1. The smallest absolute Gasteiger partial charge is 0.330 e. The minimum Gasteiger partial charge on any atom is -0.394 e. The fourth-order valence-electron chi connectivity index (χ4n) is 6.16. The summed E-state index contributed by atoms with van der Waals surface area (Å²) in [5, 5.41) is 16.6. The van der Waals surface area contributed by atoms with Gasteiger partial charge in [-0.2, -0.15) is 5.26 Å². The van der Waals surface area contributed by atoms with Crippen molar-refractivity contribution >= 4 is 20.5 Å². The molecule has 2 fully saturated rings. The molecule has 0 bridgehead atoms. The molecule has 2 aliphatic carbocycles. The van der Waals surface area contributed by atoms with Crippen LogP contribution in [0.2, 0.25) is 0 Å². The van der Waals surface area contributed by atoms with E-state index in [2.05, 4.69) is 38.0 Å². The maximum absolute atomic E-state index is 12.9. The van der Waals surface area contributed by atoms with Crippen molar-refractivity contribution in [2.75, 3.05) is 19.8 Å². The number of aliphatic hydroxyl groups excluding tert-OH is 1. The van der Waals surface area contributed by atoms with Crippen LogP contribution >= 0.6 is 8.53 Å². The second kappa shape index (κ2) is 15.9. The monoisotopic (exact) mass is 630 g/mol. The van der Waals surface area contributed by atoms with E-state index in [-0.39, 0.29) is 49.6 Å². The predicted molar refractivity (Wildman–Crippen MR) is 166 cm³/mol. The minimum absolute atomic E-state index is 0.0765. The van der Waals surface area contributed by atoms with Gasteiger partial charge in [-0.1, -0.05) is 0 Å². The van der Waals surface area contributed by atoms with E-state index in [1.807, 2.05) is 27.7 Å². The van der Waals surface area contributed by atoms with Gasteiger partial charge in [-0.25, -0.2) is 9.46 Å². The van der Waals surface area contributed by atoms with E-state index in [1.54, 1.807) is 0 Å². The Labute approximate surface area is 261 Å². The average Bonchev–Trinajstić information content (AvgIpc) is 3.45. The van der Waals surface area contributed by atoms with Crippen LogP contribution < -0.4 is 16.6 Å². The van der Waals surface area contributed by atoms with Crippen molar-refractivity contribution in [2.45, 2.75) is 96.7 Å². The molecule has 0 spiro atoms. The fourth-order valence-corrected chi connectivity index (χ4v) is 7.91. The molecule has 3 unspecified atom stereocenters. The number of ether oxygens (including phenoxy) is 1. The molecule has 44 heavy (non-hydrogen) atoms. The predicted octanol–water partition coefficient (Wildman–Crippen LogP) is 3.05. The summed E-state index contributed by atoms with van der Waals surface area (Å²) in [7, 11) is -1.62. The van der Waals surface area contributed by atoms with Crippen LogP contribution in [0.4, 0.5) is 0 Å². The van der Waals surface area contributed by atoms with Crippen LogP contribution in [0.1, 0.15) is 78.0 Å². The molecule has 3 aliphatic rings. The molecule has 12 nitrogen and oxygen atoms in total. The molecule has 13 heteroatoms. The maximum atomic E-state index is 12.9. The number of nitriles is 1. The van der Waals surface area contributed by atoms with Crippen LogP contribution in [-0.2, 0) is 18.6 Å². The van der Waals surface area contributed by atoms with Gasteiger partial charge in [-0.05, 0) is 64.4 Å². The third-order valence-corrected chi connectivity index (χ3v) is 10.5. The van der Waals surface area contributed by atoms with Crippen molar-refractivity contribution in [2.24, 2.45) is 17.8 Å². The number of carbonyl (C=O) groups is 1. The van der Waals surface area contributed by atoms with Gasteiger partial charge in [0.2, 0.25) is 7.34 Å². The lowest BCUT2D eigenvalue weighted by molar-refractivity contribution is -0.116. The quantitative estimate of drug-likeness (QED) is 0.115. The summed E-state index contributed by atoms with van der Waals surface area (Å²) in [6.45, 7) is 8.75. The Morgan fingerprint density at radius 3 is 2.66 bits per heavy atom. The lowest BCUT2D eigenvalue weighted by Crippen LogP contribution is -2.36. The van der Waals surface area contributed by atoms with E-state index in [4.69, 9.17) is 20.5 Å². The summed E-state index contributed by atoms with van der Waals surface area (Å²) in [6, 6.07) is 2.23. The molecular weight excluding hydrogens is 585 g/mol. The Bertz CT molecular complexity index is 1390. The molecular formula is C31H44N5O7P. The number of nitrogens with one attached hydrogen (secondary N) is 2. The number of H-pyrrole nitrogens is 1. The minimum atomic E-state index is -1.62. The zero-order valence-electron chi connectivity index (χ0n) is 26.9. The number of aromatic nitrogens is 2. The van der Waals surface area contributed by atoms with Crippen LogP contribution in [-0.4, -0.2) is 70.7 Å². The van der Waals surface area contributed by atoms with Crippen molar-refractivity contribution < 1.29 is 23.7 Å². The van der Waals surface area contributed by atoms with Gasteiger partial charge >= 0.3 is 5.69 Å². The summed E-state index contributed by atoms with van der Waals surface area (Å²) in [6.07, 6.45) is 6.26. The number of hydrogen-bond donors (Lipinski definition) is 3. The summed E-state index contributed by atoms with van der Waals surface area (Å²) in [5.74, 6) is 7.74. The van der Waals surface area contributed by atoms with Crippen LogP contribution in [0.5, 0.6) is 0 Å². The van der Waals surface area contributed by atoms with E-state index >= 15 is 0 Å². The Balaban J connectivity index is 1.44. The van der Waals surface area contributed by atoms with E-state index < -0.39 is 38.2 Å². The van der Waals surface area contributed by atoms with E-state index in [0.29, 0.717) is 24.3 Å². The van der Waals surface area contributed by atoms with Gasteiger partial charge in [0.05, 0.1) is 37.4 Å². The third-order valence-electron chi connectivity index (χ3n) is 8.30. The van der Waals surface area contributed by atoms with Gasteiger partial charge in [0, 0.05) is 50.2 Å². The Morgan fingerprint density at radius 2 is 2.02 bits per heavy atom. The number of rotatable bonds is 15. The number of fused-ring (bicyclic) bond motifs is 1. The number of aromatic amines is 1. The zero-order valence-corrected chi connectivity index (χ0v) is 26.8. The number of aliphatic hydroxyl groups is 1. The highest BCUT2D eigenvalue weighted by Crippen LogP contribution is 2.52. The van der Waals surface area contributed by atoms with Crippen LogP contribution in [0.3, 0.4) is 0 Å². The second-order valence-electron chi connectivity index (χ2n) is 12.0. The van der Waals surface area contributed by atoms with E-state index in [0.717, 1.165) is 25.7 Å². The molecule has 3 N–H and O–H groups in total. The van der Waals surface area contributed by atoms with Crippen molar-refractivity contribution in [3.8, 4) is 17.9 Å². The summed E-state index contributed by atoms with van der Waals surface area (Å²) in [5.41, 5.74) is -1.19. The van der Waals surface area contributed by atoms with Crippen LogP contribution in [0.15, 0.2) is 21.9 Å². The molecule has 240 valence electrons. The molecule has 1 saturated heterocycles. The normalized spacial score (nSPS) is 27.3. The van der Waals surface area contributed by atoms with Crippen molar-refractivity contribution in [1.82, 2.24) is 19.5 Å². The van der Waals surface area contributed by atoms with Crippen molar-refractivity contribution in [3.05, 3.63) is 38.7 Å². The summed E-state index contributed by atoms with van der Waals surface area (Å²) < 4.78 is 29.2. The van der Waals surface area contributed by atoms with Gasteiger partial charge in [-0.15, -0.1) is 11.8 Å². The average molecular weight is 631 g/mol. The molecule has 1 amide bonds. The summed E-state index contributed by atoms with van der Waals surface area (Å²) >= 11 is 0. The SMILES string of the molecule is [2H]OC[C@H]1O[C@@H](n2cc(/C=C/C(=O)NCC3[C@H]4CCC#CCC[C@@H]34)c(=O)[nH]c2=O)CC1OP(OCCC#N)N(C(C)C)C(C)C. The molecule has 1 saturated carbocycles. The van der Waals surface area contributed by atoms with Crippen LogP contribution in [0, 0.1) is 40.9 Å². The maximum Gasteiger partial charge on any atom is 0.330 e. The lowest BCUT2D eigenvalue weighted by atomic mass is 10.1. The largest absolute Gasteiger partial charge is 0.394 e. The van der Waals surface area contributed by atoms with Gasteiger partial charge < -0.3 is 24.2 Å². The van der Waals surface area contributed by atoms with E-state index in [9.17, 15) is 14.4 Å². The van der Waals surface area contributed by atoms with Gasteiger partial charge in [0.1, 0.15) is 12.3 Å². The Hall–Kier alpha value is -2.83. The number of hydrogen-bond acceptors (Lipinski definition) is 9. The molecule has 1 aromatic rings. The van der Waals surface area contributed by atoms with Gasteiger partial charge in [0.15, 0.2) is 0 Å². The third kappa shape index (κ3) is 8.66. The van der Waals surface area contributed by atoms with Gasteiger partial charge in [-0.3, -0.25) is 19.1 Å². The molecule has 4 rings (SSSR count). The fraction of sp³-hybridized carbons (Fsp3) is 0.677. The molecule has 7 atom stereocenters. The zero-order chi connectivity index (χ0) is 32.5. The second-order valence-corrected chi connectivity index (χ2v) is 13.4. The van der Waals surface area contributed by atoms with Crippen molar-refractivity contribution in [1.29, 1.82) is 6.69 Å². The Kier molecular flexibility index (Phi) is 11.8. The first-order valence-electron chi connectivity index (χ1n) is 15.8. The topological polar surface area (TPSA) is 159 Å². The highest BCUT2D eigenvalue weighted by Gasteiger charge is 2.48. The highest BCUT2D eigenvalue weighted by atomic mass is 31.2. The number of carbonyl (C=O) groups excluding carboxylic acids is 1. The van der Waals surface area contributed by atoms with Gasteiger partial charge in [0.25, 0.3) is 14.1 Å². The molecule has 1 aromatic heterocycles. The van der Waals surface area contributed by atoms with E-state index in [1.165, 1.54) is 22.9 Å².